The Kier molecular flexibility index (Phi) is 3.72. The number of oxime groups is 1. The van der Waals surface area contributed by atoms with Gasteiger partial charge in [-0.2, -0.15) is 0 Å². The van der Waals surface area contributed by atoms with Gasteiger partial charge in [-0.3, -0.25) is 19.7 Å². The Balaban J connectivity index is 1.71. The van der Waals surface area contributed by atoms with E-state index in [-0.39, 0.29) is 17.1 Å². The smallest absolute Gasteiger partial charge is 0.278 e. The first-order chi connectivity index (χ1) is 12.9. The van der Waals surface area contributed by atoms with E-state index in [9.17, 15) is 24.1 Å². The van der Waals surface area contributed by atoms with Gasteiger partial charge in [0.05, 0.1) is 10.6 Å². The molecule has 2 heterocycles. The number of halogens is 1. The third kappa shape index (κ3) is 2.55. The van der Waals surface area contributed by atoms with Crippen LogP contribution in [0.15, 0.2) is 47.6 Å². The van der Waals surface area contributed by atoms with Crippen LogP contribution in [0.2, 0.25) is 0 Å². The van der Waals surface area contributed by atoms with Crippen molar-refractivity contribution >= 4 is 28.9 Å². The van der Waals surface area contributed by atoms with Gasteiger partial charge in [0.15, 0.2) is 0 Å². The second kappa shape index (κ2) is 5.97. The summed E-state index contributed by atoms with van der Waals surface area (Å²) >= 11 is 0. The molecule has 0 unspecified atom stereocenters. The normalized spacial score (nSPS) is 21.1. The SMILES string of the molecule is Cc1ccc(N2C(=O)[C@H]3C(c4ccc(F)cc4)=NO[C@@H]3C2=O)cc1[N+](=O)[O-]. The molecular weight excluding hydrogens is 357 g/mol. The predicted octanol–water partition coefficient (Wildman–Crippen LogP) is 2.33. The Hall–Kier alpha value is -3.62. The van der Waals surface area contributed by atoms with E-state index in [0.717, 1.165) is 4.90 Å². The van der Waals surface area contributed by atoms with Crippen molar-refractivity contribution in [3.63, 3.8) is 0 Å². The Morgan fingerprint density at radius 3 is 2.52 bits per heavy atom. The van der Waals surface area contributed by atoms with Gasteiger partial charge in [0.1, 0.15) is 17.4 Å². The minimum Gasteiger partial charge on any atom is -0.381 e. The maximum Gasteiger partial charge on any atom is 0.278 e. The van der Waals surface area contributed by atoms with Crippen molar-refractivity contribution in [3.05, 3.63) is 69.5 Å². The van der Waals surface area contributed by atoms with Gasteiger partial charge >= 0.3 is 0 Å². The van der Waals surface area contributed by atoms with Gasteiger partial charge in [-0.05, 0) is 25.1 Å². The Bertz CT molecular complexity index is 1020. The van der Waals surface area contributed by atoms with Crippen LogP contribution in [-0.2, 0) is 14.4 Å². The highest BCUT2D eigenvalue weighted by atomic mass is 19.1. The number of benzene rings is 2. The monoisotopic (exact) mass is 369 g/mol. The molecule has 0 aliphatic carbocycles. The number of nitro groups is 1. The number of carbonyl (C=O) groups is 2. The van der Waals surface area contributed by atoms with Crippen LogP contribution in [0.1, 0.15) is 11.1 Å². The second-order valence-electron chi connectivity index (χ2n) is 6.23. The summed E-state index contributed by atoms with van der Waals surface area (Å²) in [4.78, 5) is 42.2. The third-order valence-corrected chi connectivity index (χ3v) is 4.60. The summed E-state index contributed by atoms with van der Waals surface area (Å²) < 4.78 is 13.1. The van der Waals surface area contributed by atoms with Crippen molar-refractivity contribution in [1.29, 1.82) is 0 Å². The molecular formula is C18H12FN3O5. The largest absolute Gasteiger partial charge is 0.381 e. The summed E-state index contributed by atoms with van der Waals surface area (Å²) in [7, 11) is 0. The average Bonchev–Trinajstić information content (AvgIpc) is 3.17. The summed E-state index contributed by atoms with van der Waals surface area (Å²) in [5.41, 5.74) is 0.995. The molecule has 0 spiro atoms. The summed E-state index contributed by atoms with van der Waals surface area (Å²) in [6.45, 7) is 1.56. The molecule has 1 fully saturated rings. The number of rotatable bonds is 3. The quantitative estimate of drug-likeness (QED) is 0.469. The molecule has 27 heavy (non-hydrogen) atoms. The fraction of sp³-hybridized carbons (Fsp3) is 0.167. The highest BCUT2D eigenvalue weighted by molar-refractivity contribution is 6.32. The molecule has 0 bridgehead atoms. The highest BCUT2D eigenvalue weighted by Crippen LogP contribution is 2.36. The van der Waals surface area contributed by atoms with E-state index < -0.39 is 34.6 Å². The van der Waals surface area contributed by atoms with Crippen LogP contribution in [0.3, 0.4) is 0 Å². The molecule has 0 N–H and O–H groups in total. The third-order valence-electron chi connectivity index (χ3n) is 4.60. The standard InChI is InChI=1S/C18H12FN3O5/c1-9-2-7-12(8-13(9)22(25)26)21-17(23)14-15(20-27-16(14)18(21)24)10-3-5-11(19)6-4-10/h2-8,14,16H,1H3/t14-,16-/m0/s1. The van der Waals surface area contributed by atoms with Crippen LogP contribution < -0.4 is 4.90 Å². The Labute approximate surface area is 152 Å². The lowest BCUT2D eigenvalue weighted by Crippen LogP contribution is -2.33. The van der Waals surface area contributed by atoms with Crippen LogP contribution in [0.25, 0.3) is 0 Å². The molecule has 8 nitrogen and oxygen atoms in total. The Morgan fingerprint density at radius 1 is 1.15 bits per heavy atom. The van der Waals surface area contributed by atoms with Gasteiger partial charge in [-0.25, -0.2) is 9.29 Å². The number of nitro benzene ring substituents is 1. The van der Waals surface area contributed by atoms with E-state index >= 15 is 0 Å². The topological polar surface area (TPSA) is 102 Å². The molecule has 2 aromatic carbocycles. The Morgan fingerprint density at radius 2 is 1.85 bits per heavy atom. The summed E-state index contributed by atoms with van der Waals surface area (Å²) in [6.07, 6.45) is -1.14. The zero-order valence-corrected chi connectivity index (χ0v) is 14.0. The van der Waals surface area contributed by atoms with E-state index in [2.05, 4.69) is 5.16 Å². The summed E-state index contributed by atoms with van der Waals surface area (Å²) in [5, 5.41) is 15.0. The maximum absolute atomic E-state index is 13.1. The predicted molar refractivity (Wildman–Crippen MR) is 91.6 cm³/mol. The van der Waals surface area contributed by atoms with Crippen LogP contribution in [-0.4, -0.2) is 28.6 Å². The lowest BCUT2D eigenvalue weighted by atomic mass is 9.94. The molecule has 2 amide bonds. The van der Waals surface area contributed by atoms with Crippen LogP contribution >= 0.6 is 0 Å². The van der Waals surface area contributed by atoms with E-state index in [0.29, 0.717) is 11.1 Å². The van der Waals surface area contributed by atoms with Crippen molar-refractivity contribution < 1.29 is 23.7 Å². The lowest BCUT2D eigenvalue weighted by molar-refractivity contribution is -0.385. The zero-order chi connectivity index (χ0) is 19.3. The first-order valence-electron chi connectivity index (χ1n) is 8.01. The number of amides is 2. The first-order valence-corrected chi connectivity index (χ1v) is 8.01. The fourth-order valence-corrected chi connectivity index (χ4v) is 3.22. The molecule has 9 heteroatoms. The molecule has 1 saturated heterocycles. The van der Waals surface area contributed by atoms with Gasteiger partial charge in [-0.15, -0.1) is 0 Å². The number of carbonyl (C=O) groups excluding carboxylic acids is 2. The van der Waals surface area contributed by atoms with Gasteiger partial charge < -0.3 is 4.84 Å². The number of imide groups is 1. The number of hydrogen-bond donors (Lipinski definition) is 0. The lowest BCUT2D eigenvalue weighted by Gasteiger charge is -2.15. The number of fused-ring (bicyclic) bond motifs is 1. The number of nitrogens with zero attached hydrogens (tertiary/aromatic N) is 3. The van der Waals surface area contributed by atoms with Crippen LogP contribution in [0, 0.1) is 28.8 Å². The first kappa shape index (κ1) is 16.8. The van der Waals surface area contributed by atoms with E-state index in [1.807, 2.05) is 0 Å². The molecule has 0 aromatic heterocycles. The summed E-state index contributed by atoms with van der Waals surface area (Å²) in [6, 6.07) is 9.43. The van der Waals surface area contributed by atoms with Gasteiger partial charge in [0.25, 0.3) is 11.6 Å². The molecule has 2 aliphatic heterocycles. The number of hydrogen-bond acceptors (Lipinski definition) is 6. The van der Waals surface area contributed by atoms with E-state index in [4.69, 9.17) is 4.84 Å². The van der Waals surface area contributed by atoms with Crippen molar-refractivity contribution in [1.82, 2.24) is 0 Å². The van der Waals surface area contributed by atoms with Crippen molar-refractivity contribution in [3.8, 4) is 0 Å². The second-order valence-corrected chi connectivity index (χ2v) is 6.23. The minimum atomic E-state index is -1.14. The van der Waals surface area contributed by atoms with Gasteiger partial charge in [0.2, 0.25) is 12.0 Å². The van der Waals surface area contributed by atoms with Crippen molar-refractivity contribution in [2.75, 3.05) is 4.90 Å². The molecule has 136 valence electrons. The summed E-state index contributed by atoms with van der Waals surface area (Å²) in [5.74, 6) is -2.67. The van der Waals surface area contributed by atoms with Crippen LogP contribution in [0.5, 0.6) is 0 Å². The van der Waals surface area contributed by atoms with Crippen LogP contribution in [0.4, 0.5) is 15.8 Å². The average molecular weight is 369 g/mol. The van der Waals surface area contributed by atoms with Gasteiger partial charge in [-0.1, -0.05) is 23.4 Å². The molecule has 2 aliphatic rings. The molecule has 2 aromatic rings. The molecule has 4 rings (SSSR count). The van der Waals surface area contributed by atoms with Crippen molar-refractivity contribution in [2.45, 2.75) is 13.0 Å². The molecule has 0 radical (unpaired) electrons. The molecule has 0 saturated carbocycles. The van der Waals surface area contributed by atoms with Gasteiger partial charge in [0, 0.05) is 17.2 Å². The number of anilines is 1. The van der Waals surface area contributed by atoms with Crippen molar-refractivity contribution in [2.24, 2.45) is 11.1 Å². The highest BCUT2D eigenvalue weighted by Gasteiger charge is 2.56. The van der Waals surface area contributed by atoms with E-state index in [1.165, 1.54) is 42.5 Å². The maximum atomic E-state index is 13.1. The zero-order valence-electron chi connectivity index (χ0n) is 14.0. The molecule has 2 atom stereocenters. The van der Waals surface area contributed by atoms with E-state index in [1.54, 1.807) is 6.92 Å². The number of aryl methyl sites for hydroxylation is 1. The minimum absolute atomic E-state index is 0.0961. The fourth-order valence-electron chi connectivity index (χ4n) is 3.22.